The first-order chi connectivity index (χ1) is 13.1. The van der Waals surface area contributed by atoms with Gasteiger partial charge in [-0.25, -0.2) is 4.98 Å². The van der Waals surface area contributed by atoms with Crippen LogP contribution in [0.2, 0.25) is 0 Å². The Kier molecular flexibility index (Phi) is 7.20. The zero-order valence-corrected chi connectivity index (χ0v) is 16.9. The van der Waals surface area contributed by atoms with Crippen LogP contribution < -0.4 is 10.1 Å². The van der Waals surface area contributed by atoms with E-state index in [4.69, 9.17) is 4.74 Å². The van der Waals surface area contributed by atoms with Gasteiger partial charge in [0.25, 0.3) is 5.91 Å². The van der Waals surface area contributed by atoms with Gasteiger partial charge in [-0.05, 0) is 51.2 Å². The smallest absolute Gasteiger partial charge is 0.264 e. The summed E-state index contributed by atoms with van der Waals surface area (Å²) in [5.41, 5.74) is 1.27. The standard InChI is InChI=1S/C20H28N4O2S/c1-23(2)17-5-3-4-11-24(14-17)13-16-6-8-18(9-7-16)26-15-19(25)22-20-21-10-12-27-20/h6-10,12,17H,3-5,11,13-15H2,1-2H3,(H,21,22,25). The molecule has 1 unspecified atom stereocenters. The number of likely N-dealkylation sites (tertiary alicyclic amines) is 1. The van der Waals surface area contributed by atoms with Crippen LogP contribution in [0.15, 0.2) is 35.8 Å². The van der Waals surface area contributed by atoms with Crippen LogP contribution in [-0.2, 0) is 11.3 Å². The van der Waals surface area contributed by atoms with Gasteiger partial charge < -0.3 is 9.64 Å². The lowest BCUT2D eigenvalue weighted by atomic mass is 10.1. The number of nitrogens with one attached hydrogen (secondary N) is 1. The average Bonchev–Trinajstić information content (AvgIpc) is 3.04. The topological polar surface area (TPSA) is 57.7 Å². The third-order valence-electron chi connectivity index (χ3n) is 4.84. The summed E-state index contributed by atoms with van der Waals surface area (Å²) in [4.78, 5) is 20.8. The molecule has 7 heteroatoms. The fourth-order valence-corrected chi connectivity index (χ4v) is 3.84. The minimum Gasteiger partial charge on any atom is -0.484 e. The molecule has 1 aliphatic heterocycles. The molecule has 27 heavy (non-hydrogen) atoms. The summed E-state index contributed by atoms with van der Waals surface area (Å²) in [6, 6.07) is 8.68. The minimum atomic E-state index is -0.201. The number of nitrogens with zero attached hydrogens (tertiary/aromatic N) is 3. The van der Waals surface area contributed by atoms with Gasteiger partial charge in [-0.15, -0.1) is 11.3 Å². The third kappa shape index (κ3) is 6.30. The SMILES string of the molecule is CN(C)C1CCCCN(Cc2ccc(OCC(=O)Nc3nccs3)cc2)C1. The first-order valence-corrected chi connectivity index (χ1v) is 10.3. The second-order valence-corrected chi connectivity index (χ2v) is 8.06. The molecule has 1 aliphatic rings. The number of hydrogen-bond acceptors (Lipinski definition) is 6. The number of thiazole rings is 1. The molecule has 1 N–H and O–H groups in total. The van der Waals surface area contributed by atoms with Crippen molar-refractivity contribution in [2.24, 2.45) is 0 Å². The second-order valence-electron chi connectivity index (χ2n) is 7.17. The van der Waals surface area contributed by atoms with Crippen LogP contribution in [0, 0.1) is 0 Å². The highest BCUT2D eigenvalue weighted by molar-refractivity contribution is 7.13. The summed E-state index contributed by atoms with van der Waals surface area (Å²) in [7, 11) is 4.34. The van der Waals surface area contributed by atoms with Gasteiger partial charge in [0.05, 0.1) is 0 Å². The largest absolute Gasteiger partial charge is 0.484 e. The Morgan fingerprint density at radius 3 is 2.85 bits per heavy atom. The molecule has 3 rings (SSSR count). The molecule has 0 aliphatic carbocycles. The van der Waals surface area contributed by atoms with Crippen molar-refractivity contribution in [2.75, 3.05) is 39.1 Å². The van der Waals surface area contributed by atoms with Crippen LogP contribution in [0.3, 0.4) is 0 Å². The Morgan fingerprint density at radius 2 is 2.15 bits per heavy atom. The molecular formula is C20H28N4O2S. The summed E-state index contributed by atoms with van der Waals surface area (Å²) < 4.78 is 5.57. The van der Waals surface area contributed by atoms with Gasteiger partial charge >= 0.3 is 0 Å². The van der Waals surface area contributed by atoms with E-state index >= 15 is 0 Å². The maximum absolute atomic E-state index is 11.9. The number of amides is 1. The van der Waals surface area contributed by atoms with E-state index in [0.717, 1.165) is 19.6 Å². The van der Waals surface area contributed by atoms with E-state index in [1.165, 1.54) is 36.2 Å². The lowest BCUT2D eigenvalue weighted by Gasteiger charge is -2.28. The van der Waals surface area contributed by atoms with E-state index in [1.54, 1.807) is 6.20 Å². The van der Waals surface area contributed by atoms with Crippen molar-refractivity contribution < 1.29 is 9.53 Å². The zero-order valence-electron chi connectivity index (χ0n) is 16.1. The van der Waals surface area contributed by atoms with E-state index < -0.39 is 0 Å². The molecule has 6 nitrogen and oxygen atoms in total. The molecule has 1 aromatic heterocycles. The quantitative estimate of drug-likeness (QED) is 0.790. The normalized spacial score (nSPS) is 18.3. The molecule has 0 radical (unpaired) electrons. The zero-order chi connectivity index (χ0) is 19.1. The van der Waals surface area contributed by atoms with E-state index in [0.29, 0.717) is 16.9 Å². The second kappa shape index (κ2) is 9.82. The molecule has 0 spiro atoms. The van der Waals surface area contributed by atoms with Crippen LogP contribution >= 0.6 is 11.3 Å². The Morgan fingerprint density at radius 1 is 1.33 bits per heavy atom. The van der Waals surface area contributed by atoms with Gasteiger partial charge in [-0.1, -0.05) is 18.6 Å². The predicted molar refractivity (Wildman–Crippen MR) is 109 cm³/mol. The Labute approximate surface area is 165 Å². The van der Waals surface area contributed by atoms with Gasteiger partial charge in [-0.2, -0.15) is 0 Å². The van der Waals surface area contributed by atoms with Gasteiger partial charge in [-0.3, -0.25) is 15.0 Å². The minimum absolute atomic E-state index is 0.0183. The molecule has 1 saturated heterocycles. The van der Waals surface area contributed by atoms with Crippen LogP contribution in [0.25, 0.3) is 0 Å². The summed E-state index contributed by atoms with van der Waals surface area (Å²) in [6.45, 7) is 3.20. The highest BCUT2D eigenvalue weighted by atomic mass is 32.1. The fourth-order valence-electron chi connectivity index (χ4n) is 3.30. The van der Waals surface area contributed by atoms with Crippen LogP contribution in [0.5, 0.6) is 5.75 Å². The molecular weight excluding hydrogens is 360 g/mol. The van der Waals surface area contributed by atoms with Crippen molar-refractivity contribution in [2.45, 2.75) is 31.8 Å². The van der Waals surface area contributed by atoms with Crippen molar-refractivity contribution in [3.63, 3.8) is 0 Å². The number of aromatic nitrogens is 1. The van der Waals surface area contributed by atoms with Crippen LogP contribution in [0.4, 0.5) is 5.13 Å². The summed E-state index contributed by atoms with van der Waals surface area (Å²) in [5.74, 6) is 0.503. The molecule has 2 heterocycles. The molecule has 146 valence electrons. The number of carbonyl (C=O) groups excluding carboxylic acids is 1. The van der Waals surface area contributed by atoms with E-state index in [1.807, 2.05) is 17.5 Å². The molecule has 1 atom stereocenters. The van der Waals surface area contributed by atoms with Crippen molar-refractivity contribution >= 4 is 22.4 Å². The van der Waals surface area contributed by atoms with Gasteiger partial charge in [0.1, 0.15) is 5.75 Å². The molecule has 0 bridgehead atoms. The molecule has 1 aromatic carbocycles. The van der Waals surface area contributed by atoms with E-state index in [9.17, 15) is 4.79 Å². The molecule has 1 amide bonds. The van der Waals surface area contributed by atoms with Gasteiger partial charge in [0.15, 0.2) is 11.7 Å². The number of rotatable bonds is 7. The van der Waals surface area contributed by atoms with Crippen LogP contribution in [0.1, 0.15) is 24.8 Å². The number of ether oxygens (including phenoxy) is 1. The third-order valence-corrected chi connectivity index (χ3v) is 5.53. The highest BCUT2D eigenvalue weighted by Gasteiger charge is 2.19. The lowest BCUT2D eigenvalue weighted by molar-refractivity contribution is -0.118. The van der Waals surface area contributed by atoms with Crippen molar-refractivity contribution in [3.8, 4) is 5.75 Å². The summed E-state index contributed by atoms with van der Waals surface area (Å²) in [6.07, 6.45) is 5.50. The van der Waals surface area contributed by atoms with Crippen molar-refractivity contribution in [1.82, 2.24) is 14.8 Å². The van der Waals surface area contributed by atoms with E-state index in [-0.39, 0.29) is 12.5 Å². The maximum atomic E-state index is 11.9. The highest BCUT2D eigenvalue weighted by Crippen LogP contribution is 2.18. The fraction of sp³-hybridized carbons (Fsp3) is 0.500. The van der Waals surface area contributed by atoms with E-state index in [2.05, 4.69) is 46.3 Å². The Bertz CT molecular complexity index is 703. The monoisotopic (exact) mass is 388 g/mol. The number of hydrogen-bond donors (Lipinski definition) is 1. The number of likely N-dealkylation sites (N-methyl/N-ethyl adjacent to an activating group) is 1. The van der Waals surface area contributed by atoms with Crippen LogP contribution in [-0.4, -0.2) is 60.5 Å². The summed E-state index contributed by atoms with van der Waals surface area (Å²) >= 11 is 1.39. The van der Waals surface area contributed by atoms with Gasteiger partial charge in [0, 0.05) is 30.7 Å². The first kappa shape index (κ1) is 19.8. The number of anilines is 1. The number of benzene rings is 1. The lowest BCUT2D eigenvalue weighted by Crippen LogP contribution is -2.38. The van der Waals surface area contributed by atoms with Gasteiger partial charge in [0.2, 0.25) is 0 Å². The maximum Gasteiger partial charge on any atom is 0.264 e. The van der Waals surface area contributed by atoms with Crippen molar-refractivity contribution in [3.05, 3.63) is 41.4 Å². The summed E-state index contributed by atoms with van der Waals surface area (Å²) in [5, 5.41) is 5.12. The Hall–Kier alpha value is -1.96. The molecule has 0 saturated carbocycles. The average molecular weight is 389 g/mol. The number of carbonyl (C=O) groups is 1. The first-order valence-electron chi connectivity index (χ1n) is 9.40. The predicted octanol–water partition coefficient (Wildman–Crippen LogP) is 3.08. The molecule has 1 fully saturated rings. The Balaban J connectivity index is 1.47. The van der Waals surface area contributed by atoms with Crippen molar-refractivity contribution in [1.29, 1.82) is 0 Å². The molecule has 2 aromatic rings.